The van der Waals surface area contributed by atoms with Gasteiger partial charge >= 0.3 is 0 Å². The van der Waals surface area contributed by atoms with Crippen LogP contribution in [0.25, 0.3) is 65.7 Å². The molecule has 0 spiro atoms. The lowest BCUT2D eigenvalue weighted by atomic mass is 9.59. The third kappa shape index (κ3) is 4.17. The molecule has 0 heteroatoms. The van der Waals surface area contributed by atoms with Crippen LogP contribution in [0.15, 0.2) is 194 Å². The lowest BCUT2D eigenvalue weighted by Gasteiger charge is -2.42. The summed E-state index contributed by atoms with van der Waals surface area (Å²) in [7, 11) is 0. The third-order valence-electron chi connectivity index (χ3n) is 10.7. The fourth-order valence-electron chi connectivity index (χ4n) is 8.51. The zero-order valence-electron chi connectivity index (χ0n) is 27.0. The molecule has 0 heterocycles. The van der Waals surface area contributed by atoms with Crippen molar-refractivity contribution in [1.29, 1.82) is 0 Å². The zero-order chi connectivity index (χ0) is 32.4. The van der Waals surface area contributed by atoms with Crippen molar-refractivity contribution in [3.8, 4) is 33.4 Å². The molecular weight excluding hydrogens is 589 g/mol. The van der Waals surface area contributed by atoms with Gasteiger partial charge in [0.15, 0.2) is 0 Å². The fraction of sp³-hybridized carbons (Fsp3) is 0.0204. The summed E-state index contributed by atoms with van der Waals surface area (Å²) in [6, 6.07) is 72.0. The number of benzene rings is 9. The first-order valence-electron chi connectivity index (χ1n) is 17.1. The van der Waals surface area contributed by atoms with E-state index in [2.05, 4.69) is 194 Å². The molecule has 0 unspecified atom stereocenters. The van der Waals surface area contributed by atoms with Crippen molar-refractivity contribution in [2.75, 3.05) is 0 Å². The summed E-state index contributed by atoms with van der Waals surface area (Å²) >= 11 is 0. The largest absolute Gasteiger partial charge is 0.0713 e. The zero-order valence-corrected chi connectivity index (χ0v) is 27.0. The molecule has 0 aliphatic heterocycles. The number of hydrogen-bond donors (Lipinski definition) is 0. The Hall–Kier alpha value is -6.24. The van der Waals surface area contributed by atoms with Gasteiger partial charge in [-0.1, -0.05) is 176 Å². The van der Waals surface area contributed by atoms with Crippen molar-refractivity contribution in [3.05, 3.63) is 216 Å². The minimum atomic E-state index is -0.530. The summed E-state index contributed by atoms with van der Waals surface area (Å²) in [5, 5.41) is 7.73. The van der Waals surface area contributed by atoms with Gasteiger partial charge in [-0.15, -0.1) is 0 Å². The van der Waals surface area contributed by atoms with E-state index in [9.17, 15) is 0 Å². The molecule has 1 aliphatic rings. The van der Waals surface area contributed by atoms with Crippen molar-refractivity contribution in [2.45, 2.75) is 5.41 Å². The molecule has 0 N–H and O–H groups in total. The van der Waals surface area contributed by atoms with E-state index in [0.717, 1.165) is 0 Å². The van der Waals surface area contributed by atoms with Crippen LogP contribution < -0.4 is 0 Å². The highest BCUT2D eigenvalue weighted by Crippen LogP contribution is 2.57. The molecule has 1 aliphatic carbocycles. The molecule has 0 aromatic heterocycles. The van der Waals surface area contributed by atoms with Crippen LogP contribution in [-0.2, 0) is 5.41 Å². The van der Waals surface area contributed by atoms with Crippen LogP contribution in [0.3, 0.4) is 0 Å². The molecule has 0 radical (unpaired) electrons. The van der Waals surface area contributed by atoms with E-state index in [0.29, 0.717) is 0 Å². The summed E-state index contributed by atoms with van der Waals surface area (Å²) in [6.45, 7) is 0. The van der Waals surface area contributed by atoms with Gasteiger partial charge in [-0.3, -0.25) is 0 Å². The van der Waals surface area contributed by atoms with Gasteiger partial charge in [0.25, 0.3) is 0 Å². The minimum Gasteiger partial charge on any atom is -0.0622 e. The van der Waals surface area contributed by atoms with Gasteiger partial charge in [-0.25, -0.2) is 0 Å². The molecule has 49 heavy (non-hydrogen) atoms. The van der Waals surface area contributed by atoms with Gasteiger partial charge < -0.3 is 0 Å². The van der Waals surface area contributed by atoms with Gasteiger partial charge in [0.1, 0.15) is 0 Å². The van der Waals surface area contributed by atoms with E-state index in [-0.39, 0.29) is 0 Å². The van der Waals surface area contributed by atoms with E-state index >= 15 is 0 Å². The molecule has 0 nitrogen and oxygen atoms in total. The second-order valence-electron chi connectivity index (χ2n) is 13.3. The number of fused-ring (bicyclic) bond motifs is 5. The molecule has 0 atom stereocenters. The number of rotatable bonds is 4. The van der Waals surface area contributed by atoms with E-state index < -0.39 is 5.41 Å². The molecule has 0 bridgehead atoms. The summed E-state index contributed by atoms with van der Waals surface area (Å²) in [5.41, 5.74) is 12.2. The van der Waals surface area contributed by atoms with Crippen molar-refractivity contribution in [3.63, 3.8) is 0 Å². The summed E-state index contributed by atoms with van der Waals surface area (Å²) in [6.07, 6.45) is 0. The molecule has 9 aromatic carbocycles. The van der Waals surface area contributed by atoms with Gasteiger partial charge in [0.05, 0.1) is 5.41 Å². The Morgan fingerprint density at radius 2 is 0.776 bits per heavy atom. The third-order valence-corrected chi connectivity index (χ3v) is 10.7. The van der Waals surface area contributed by atoms with Gasteiger partial charge in [0, 0.05) is 0 Å². The first-order valence-corrected chi connectivity index (χ1v) is 17.1. The Labute approximate surface area is 286 Å². The summed E-state index contributed by atoms with van der Waals surface area (Å²) in [4.78, 5) is 0. The maximum atomic E-state index is 2.41. The monoisotopic (exact) mass is 620 g/mol. The Morgan fingerprint density at radius 3 is 1.41 bits per heavy atom. The molecule has 9 aromatic rings. The molecule has 10 rings (SSSR count). The van der Waals surface area contributed by atoms with Crippen LogP contribution in [0, 0.1) is 0 Å². The fourth-order valence-corrected chi connectivity index (χ4v) is 8.51. The normalized spacial score (nSPS) is 13.1. The van der Waals surface area contributed by atoms with E-state index in [1.807, 2.05) is 0 Å². The average molecular weight is 621 g/mol. The Balaban J connectivity index is 1.32. The predicted molar refractivity (Wildman–Crippen MR) is 207 cm³/mol. The maximum absolute atomic E-state index is 2.41. The lowest BCUT2D eigenvalue weighted by Crippen LogP contribution is -2.34. The second kappa shape index (κ2) is 10.9. The first-order chi connectivity index (χ1) is 24.3. The SMILES string of the molecule is c1ccc(-c2ccc(C3(c4ccc(-c5ccccc5)cc4)c4ccccc4-c4c5cc6ccccc6cc5cc5cccc3c45)cc2)cc1. The van der Waals surface area contributed by atoms with E-state index in [4.69, 9.17) is 0 Å². The van der Waals surface area contributed by atoms with Crippen molar-refractivity contribution >= 4 is 32.3 Å². The first kappa shape index (κ1) is 27.8. The average Bonchev–Trinajstić information content (AvgIpc) is 3.18. The molecule has 228 valence electrons. The second-order valence-corrected chi connectivity index (χ2v) is 13.3. The highest BCUT2D eigenvalue weighted by molar-refractivity contribution is 6.19. The quantitative estimate of drug-likeness (QED) is 0.172. The molecule has 0 saturated heterocycles. The van der Waals surface area contributed by atoms with Crippen LogP contribution in [0.4, 0.5) is 0 Å². The van der Waals surface area contributed by atoms with Crippen molar-refractivity contribution in [1.82, 2.24) is 0 Å². The van der Waals surface area contributed by atoms with Gasteiger partial charge in [-0.05, 0) is 106 Å². The lowest BCUT2D eigenvalue weighted by molar-refractivity contribution is 0.750. The predicted octanol–water partition coefficient (Wildman–Crippen LogP) is 12.8. The summed E-state index contributed by atoms with van der Waals surface area (Å²) < 4.78 is 0. The van der Waals surface area contributed by atoms with E-state index in [1.165, 1.54) is 88.0 Å². The van der Waals surface area contributed by atoms with Gasteiger partial charge in [0.2, 0.25) is 0 Å². The van der Waals surface area contributed by atoms with Crippen LogP contribution in [0.1, 0.15) is 22.3 Å². The molecular formula is C49H32. The Kier molecular flexibility index (Phi) is 6.19. The van der Waals surface area contributed by atoms with Crippen LogP contribution >= 0.6 is 0 Å². The highest BCUT2D eigenvalue weighted by Gasteiger charge is 2.44. The number of hydrogen-bond acceptors (Lipinski definition) is 0. The van der Waals surface area contributed by atoms with Gasteiger partial charge in [-0.2, -0.15) is 0 Å². The van der Waals surface area contributed by atoms with Crippen LogP contribution in [0.5, 0.6) is 0 Å². The topological polar surface area (TPSA) is 0 Å². The Bertz CT molecular complexity index is 2580. The van der Waals surface area contributed by atoms with Crippen LogP contribution in [-0.4, -0.2) is 0 Å². The van der Waals surface area contributed by atoms with Crippen molar-refractivity contribution < 1.29 is 0 Å². The van der Waals surface area contributed by atoms with Crippen LogP contribution in [0.2, 0.25) is 0 Å². The molecule has 0 fully saturated rings. The smallest absolute Gasteiger partial charge is 0.0622 e. The standard InChI is InChI=1S/C49H32/c1-3-12-33(13-4-1)35-22-26-41(27-23-35)49(42-28-24-36(25-29-42)34-14-5-2-6-15-34)45-20-10-9-19-43(45)48-44-32-38-17-8-7-16-37(38)30-40(44)31-39-18-11-21-46(49)47(39)48/h1-32H. The highest BCUT2D eigenvalue weighted by atomic mass is 14.5. The maximum Gasteiger partial charge on any atom is 0.0713 e. The molecule has 0 saturated carbocycles. The van der Waals surface area contributed by atoms with E-state index in [1.54, 1.807) is 0 Å². The Morgan fingerprint density at radius 1 is 0.306 bits per heavy atom. The van der Waals surface area contributed by atoms with Crippen molar-refractivity contribution in [2.24, 2.45) is 0 Å². The molecule has 0 amide bonds. The minimum absolute atomic E-state index is 0.530. The summed E-state index contributed by atoms with van der Waals surface area (Å²) in [5.74, 6) is 0.